The highest BCUT2D eigenvalue weighted by atomic mass is 35.5. The fourth-order valence-electron chi connectivity index (χ4n) is 2.80. The van der Waals surface area contributed by atoms with Crippen molar-refractivity contribution in [2.75, 3.05) is 37.0 Å². The lowest BCUT2D eigenvalue weighted by molar-refractivity contribution is -0.137. The molecule has 10 nitrogen and oxygen atoms in total. The molecule has 3 rings (SSSR count). The van der Waals surface area contributed by atoms with Crippen molar-refractivity contribution in [1.82, 2.24) is 0 Å². The molecule has 2 N–H and O–H groups in total. The number of sulfonamides is 1. The van der Waals surface area contributed by atoms with Crippen LogP contribution in [0.15, 0.2) is 35.2 Å². The minimum atomic E-state index is -4.16. The van der Waals surface area contributed by atoms with Crippen molar-refractivity contribution >= 4 is 44.9 Å². The number of anilines is 2. The number of nitrogens with zero attached hydrogens (tertiary/aromatic N) is 1. The molecule has 0 bridgehead atoms. The van der Waals surface area contributed by atoms with E-state index in [1.807, 2.05) is 0 Å². The lowest BCUT2D eigenvalue weighted by Gasteiger charge is -2.28. The van der Waals surface area contributed by atoms with Crippen molar-refractivity contribution in [3.8, 4) is 17.2 Å². The highest BCUT2D eigenvalue weighted by Gasteiger charge is 2.29. The molecule has 0 spiro atoms. The maximum absolute atomic E-state index is 12.9. The second kappa shape index (κ2) is 8.28. The lowest BCUT2D eigenvalue weighted by atomic mass is 10.2. The van der Waals surface area contributed by atoms with Gasteiger partial charge in [0.2, 0.25) is 0 Å². The first-order chi connectivity index (χ1) is 14.2. The van der Waals surface area contributed by atoms with Crippen LogP contribution in [0.5, 0.6) is 17.2 Å². The Bertz CT molecular complexity index is 1120. The average Bonchev–Trinajstić information content (AvgIpc) is 2.70. The molecule has 0 saturated heterocycles. The Kier molecular flexibility index (Phi) is 5.94. The van der Waals surface area contributed by atoms with E-state index in [9.17, 15) is 18.0 Å². The van der Waals surface area contributed by atoms with Gasteiger partial charge < -0.3 is 19.3 Å². The Labute approximate surface area is 177 Å². The molecule has 0 aliphatic carbocycles. The molecule has 160 valence electrons. The van der Waals surface area contributed by atoms with Crippen LogP contribution in [0.1, 0.15) is 0 Å². The second-order valence-electron chi connectivity index (χ2n) is 6.08. The van der Waals surface area contributed by atoms with Crippen LogP contribution in [0.3, 0.4) is 0 Å². The Balaban J connectivity index is 2.01. The van der Waals surface area contributed by atoms with E-state index in [0.29, 0.717) is 0 Å². The second-order valence-corrected chi connectivity index (χ2v) is 8.17. The Morgan fingerprint density at radius 1 is 1.23 bits per heavy atom. The SMILES string of the molecule is COc1cc(NS(=O)(=O)c2ccc3c(c2)N(CC(=O)O)C(=O)CO3)c(OC)cc1Cl. The maximum Gasteiger partial charge on any atom is 0.323 e. The van der Waals surface area contributed by atoms with Gasteiger partial charge in [-0.1, -0.05) is 11.6 Å². The Morgan fingerprint density at radius 2 is 1.93 bits per heavy atom. The summed E-state index contributed by atoms with van der Waals surface area (Å²) in [7, 11) is -1.43. The van der Waals surface area contributed by atoms with Crippen LogP contribution in [0, 0.1) is 0 Å². The molecule has 1 amide bonds. The van der Waals surface area contributed by atoms with Gasteiger partial charge in [0.05, 0.1) is 35.5 Å². The molecule has 1 aliphatic heterocycles. The summed E-state index contributed by atoms with van der Waals surface area (Å²) in [5.41, 5.74) is 0.114. The van der Waals surface area contributed by atoms with Crippen molar-refractivity contribution in [3.63, 3.8) is 0 Å². The number of aliphatic carboxylic acids is 1. The van der Waals surface area contributed by atoms with Crippen LogP contribution < -0.4 is 23.8 Å². The van der Waals surface area contributed by atoms with Gasteiger partial charge in [0.25, 0.3) is 15.9 Å². The molecule has 1 heterocycles. The zero-order valence-electron chi connectivity index (χ0n) is 15.8. The predicted octanol–water partition coefficient (Wildman–Crippen LogP) is 1.97. The molecule has 0 saturated carbocycles. The average molecular weight is 457 g/mol. The van der Waals surface area contributed by atoms with Crippen molar-refractivity contribution in [2.45, 2.75) is 4.90 Å². The molecule has 30 heavy (non-hydrogen) atoms. The number of benzene rings is 2. The minimum Gasteiger partial charge on any atom is -0.495 e. The van der Waals surface area contributed by atoms with E-state index >= 15 is 0 Å². The third kappa shape index (κ3) is 4.21. The quantitative estimate of drug-likeness (QED) is 0.646. The zero-order valence-corrected chi connectivity index (χ0v) is 17.4. The predicted molar refractivity (Wildman–Crippen MR) is 107 cm³/mol. The Hall–Kier alpha value is -3.18. The monoisotopic (exact) mass is 456 g/mol. The Morgan fingerprint density at radius 3 is 2.57 bits per heavy atom. The molecule has 2 aromatic rings. The van der Waals surface area contributed by atoms with Crippen molar-refractivity contribution in [2.24, 2.45) is 0 Å². The summed E-state index contributed by atoms with van der Waals surface area (Å²) >= 11 is 6.04. The van der Waals surface area contributed by atoms with Crippen LogP contribution in [-0.4, -0.2) is 52.8 Å². The van der Waals surface area contributed by atoms with Crippen LogP contribution in [-0.2, 0) is 19.6 Å². The number of carboxylic acid groups (broad SMARTS) is 1. The summed E-state index contributed by atoms with van der Waals surface area (Å²) < 4.78 is 43.8. The normalized spacial score (nSPS) is 13.3. The molecule has 2 aromatic carbocycles. The van der Waals surface area contributed by atoms with E-state index in [4.69, 9.17) is 30.9 Å². The smallest absolute Gasteiger partial charge is 0.323 e. The van der Waals surface area contributed by atoms with Crippen molar-refractivity contribution < 1.29 is 37.3 Å². The molecular weight excluding hydrogens is 440 g/mol. The number of nitrogens with one attached hydrogen (secondary N) is 1. The summed E-state index contributed by atoms with van der Waals surface area (Å²) in [4.78, 5) is 23.9. The minimum absolute atomic E-state index is 0.0391. The first kappa shape index (κ1) is 21.5. The van der Waals surface area contributed by atoms with Gasteiger partial charge in [0.1, 0.15) is 23.8 Å². The van der Waals surface area contributed by atoms with E-state index in [2.05, 4.69) is 4.72 Å². The number of ether oxygens (including phenoxy) is 3. The summed E-state index contributed by atoms with van der Waals surface area (Å²) in [5, 5.41) is 9.29. The number of methoxy groups -OCH3 is 2. The maximum atomic E-state index is 12.9. The molecule has 0 aromatic heterocycles. The molecule has 0 fully saturated rings. The number of amides is 1. The fraction of sp³-hybridized carbons (Fsp3) is 0.222. The molecule has 0 radical (unpaired) electrons. The number of carboxylic acids is 1. The van der Waals surface area contributed by atoms with Crippen LogP contribution in [0.2, 0.25) is 5.02 Å². The lowest BCUT2D eigenvalue weighted by Crippen LogP contribution is -2.42. The van der Waals surface area contributed by atoms with Gasteiger partial charge in [-0.05, 0) is 18.2 Å². The first-order valence-electron chi connectivity index (χ1n) is 8.39. The third-order valence-electron chi connectivity index (χ3n) is 4.20. The van der Waals surface area contributed by atoms with Crippen molar-refractivity contribution in [1.29, 1.82) is 0 Å². The van der Waals surface area contributed by atoms with Gasteiger partial charge in [-0.3, -0.25) is 19.2 Å². The highest BCUT2D eigenvalue weighted by Crippen LogP contribution is 2.38. The summed E-state index contributed by atoms with van der Waals surface area (Å²) in [6, 6.07) is 6.55. The number of carbonyl (C=O) groups excluding carboxylic acids is 1. The fourth-order valence-corrected chi connectivity index (χ4v) is 4.11. The van der Waals surface area contributed by atoms with Gasteiger partial charge in [-0.25, -0.2) is 8.42 Å². The van der Waals surface area contributed by atoms with E-state index in [0.717, 1.165) is 11.0 Å². The number of carbonyl (C=O) groups is 2. The molecular formula is C18H17ClN2O8S. The van der Waals surface area contributed by atoms with E-state index in [1.165, 1.54) is 38.5 Å². The highest BCUT2D eigenvalue weighted by molar-refractivity contribution is 7.92. The largest absolute Gasteiger partial charge is 0.495 e. The standard InChI is InChI=1S/C18H17ClN2O8S/c1-27-15-7-12(16(28-2)6-11(15)19)20-30(25,26)10-3-4-14-13(5-10)21(8-18(23)24)17(22)9-29-14/h3-7,20H,8-9H2,1-2H3,(H,23,24). The number of halogens is 1. The van der Waals surface area contributed by atoms with E-state index in [-0.39, 0.29) is 45.1 Å². The van der Waals surface area contributed by atoms with Crippen LogP contribution in [0.25, 0.3) is 0 Å². The number of hydrogen-bond donors (Lipinski definition) is 2. The summed E-state index contributed by atoms with van der Waals surface area (Å²) in [6.45, 7) is -0.972. The van der Waals surface area contributed by atoms with Gasteiger partial charge in [-0.15, -0.1) is 0 Å². The number of fused-ring (bicyclic) bond motifs is 1. The molecule has 12 heteroatoms. The molecule has 1 aliphatic rings. The molecule has 0 atom stereocenters. The topological polar surface area (TPSA) is 131 Å². The van der Waals surface area contributed by atoms with E-state index in [1.54, 1.807) is 0 Å². The van der Waals surface area contributed by atoms with Gasteiger partial charge in [0, 0.05) is 12.1 Å². The third-order valence-corrected chi connectivity index (χ3v) is 5.85. The van der Waals surface area contributed by atoms with Gasteiger partial charge in [0.15, 0.2) is 6.61 Å². The molecule has 0 unspecified atom stereocenters. The summed E-state index contributed by atoms with van der Waals surface area (Å²) in [5.74, 6) is -1.27. The first-order valence-corrected chi connectivity index (χ1v) is 10.3. The van der Waals surface area contributed by atoms with Crippen molar-refractivity contribution in [3.05, 3.63) is 35.4 Å². The number of hydrogen-bond acceptors (Lipinski definition) is 7. The van der Waals surface area contributed by atoms with Crippen LogP contribution in [0.4, 0.5) is 11.4 Å². The zero-order chi connectivity index (χ0) is 22.1. The van der Waals surface area contributed by atoms with Gasteiger partial charge in [-0.2, -0.15) is 0 Å². The number of rotatable bonds is 7. The van der Waals surface area contributed by atoms with Gasteiger partial charge >= 0.3 is 5.97 Å². The van der Waals surface area contributed by atoms with Crippen LogP contribution >= 0.6 is 11.6 Å². The van der Waals surface area contributed by atoms with E-state index < -0.39 is 28.4 Å². The summed E-state index contributed by atoms with van der Waals surface area (Å²) in [6.07, 6.45) is 0.